The van der Waals surface area contributed by atoms with Gasteiger partial charge in [-0.25, -0.2) is 4.79 Å². The maximum absolute atomic E-state index is 12.1. The van der Waals surface area contributed by atoms with E-state index < -0.39 is 11.9 Å². The highest BCUT2D eigenvalue weighted by molar-refractivity contribution is 7.15. The third-order valence-electron chi connectivity index (χ3n) is 4.10. The Morgan fingerprint density at radius 3 is 2.81 bits per heavy atom. The molecular weight excluding hydrogens is 352 g/mol. The van der Waals surface area contributed by atoms with Crippen LogP contribution in [0.15, 0.2) is 18.5 Å². The van der Waals surface area contributed by atoms with Crippen LogP contribution < -0.4 is 21.7 Å². The summed E-state index contributed by atoms with van der Waals surface area (Å²) in [6, 6.07) is 0.979. The first-order valence-corrected chi connectivity index (χ1v) is 9.01. The number of nitrogens with two attached hydrogens (primary N) is 2. The standard InChI is InChI=1S/C17H20N6O2S/c1-22-10-11(8-21-22)4-5-13-7-14(15(26-13)16(18)24)23(17(19)25)12-3-2-6-20-9-12/h7-8,10,12,20H,2-3,6,9H2,1H3,(H2,18,24)(H2,19,25)/t12-/m0/s1. The van der Waals surface area contributed by atoms with E-state index in [0.717, 1.165) is 36.3 Å². The van der Waals surface area contributed by atoms with Crippen molar-refractivity contribution in [3.63, 3.8) is 0 Å². The number of carbonyl (C=O) groups is 2. The minimum absolute atomic E-state index is 0.118. The summed E-state index contributed by atoms with van der Waals surface area (Å²) in [5, 5.41) is 7.30. The molecule has 0 unspecified atom stereocenters. The predicted octanol–water partition coefficient (Wildman–Crippen LogP) is 0.617. The molecule has 9 heteroatoms. The molecule has 0 saturated carbocycles. The zero-order chi connectivity index (χ0) is 18.7. The maximum atomic E-state index is 12.1. The van der Waals surface area contributed by atoms with Gasteiger partial charge in [0.15, 0.2) is 0 Å². The van der Waals surface area contributed by atoms with Crippen molar-refractivity contribution in [1.82, 2.24) is 15.1 Å². The lowest BCUT2D eigenvalue weighted by molar-refractivity contribution is 0.100. The molecule has 3 heterocycles. The molecule has 3 amide bonds. The van der Waals surface area contributed by atoms with Crippen LogP contribution in [0.25, 0.3) is 0 Å². The number of nitrogens with one attached hydrogen (secondary N) is 1. The van der Waals surface area contributed by atoms with Crippen molar-refractivity contribution >= 4 is 29.0 Å². The van der Waals surface area contributed by atoms with Crippen LogP contribution in [-0.2, 0) is 7.05 Å². The van der Waals surface area contributed by atoms with Crippen molar-refractivity contribution in [1.29, 1.82) is 0 Å². The molecule has 1 atom stereocenters. The van der Waals surface area contributed by atoms with Gasteiger partial charge in [0.1, 0.15) is 4.88 Å². The molecule has 26 heavy (non-hydrogen) atoms. The number of aryl methyl sites for hydroxylation is 1. The third-order valence-corrected chi connectivity index (χ3v) is 5.16. The fraction of sp³-hybridized carbons (Fsp3) is 0.353. The molecule has 2 aromatic rings. The summed E-state index contributed by atoms with van der Waals surface area (Å²) >= 11 is 1.16. The summed E-state index contributed by atoms with van der Waals surface area (Å²) in [5.41, 5.74) is 12.3. The van der Waals surface area contributed by atoms with E-state index in [9.17, 15) is 9.59 Å². The van der Waals surface area contributed by atoms with E-state index in [2.05, 4.69) is 22.3 Å². The number of carbonyl (C=O) groups excluding carboxylic acids is 2. The lowest BCUT2D eigenvalue weighted by Gasteiger charge is -2.33. The second-order valence-corrected chi connectivity index (χ2v) is 7.10. The molecule has 1 fully saturated rings. The molecule has 5 N–H and O–H groups in total. The lowest BCUT2D eigenvalue weighted by Crippen LogP contribution is -2.51. The molecule has 3 rings (SSSR count). The van der Waals surface area contributed by atoms with Gasteiger partial charge in [-0.2, -0.15) is 5.10 Å². The smallest absolute Gasteiger partial charge is 0.319 e. The fourth-order valence-electron chi connectivity index (χ4n) is 2.97. The number of urea groups is 1. The molecule has 0 radical (unpaired) electrons. The average molecular weight is 372 g/mol. The molecule has 136 valence electrons. The monoisotopic (exact) mass is 372 g/mol. The van der Waals surface area contributed by atoms with Crippen LogP contribution >= 0.6 is 11.3 Å². The van der Waals surface area contributed by atoms with Crippen molar-refractivity contribution in [2.45, 2.75) is 18.9 Å². The van der Waals surface area contributed by atoms with Crippen molar-refractivity contribution in [3.05, 3.63) is 33.8 Å². The summed E-state index contributed by atoms with van der Waals surface area (Å²) in [6.07, 6.45) is 5.18. The number of amides is 3. The van der Waals surface area contributed by atoms with Crippen LogP contribution in [0.1, 0.15) is 33.0 Å². The number of aromatic nitrogens is 2. The number of anilines is 1. The normalized spacial score (nSPS) is 16.6. The number of thiophene rings is 1. The summed E-state index contributed by atoms with van der Waals surface area (Å²) < 4.78 is 1.66. The van der Waals surface area contributed by atoms with E-state index in [1.54, 1.807) is 23.1 Å². The first kappa shape index (κ1) is 18.0. The van der Waals surface area contributed by atoms with E-state index in [0.29, 0.717) is 17.1 Å². The highest BCUT2D eigenvalue weighted by Crippen LogP contribution is 2.32. The Kier molecular flexibility index (Phi) is 5.25. The summed E-state index contributed by atoms with van der Waals surface area (Å²) in [5.74, 6) is 5.38. The van der Waals surface area contributed by atoms with Crippen LogP contribution in [0.5, 0.6) is 0 Å². The first-order chi connectivity index (χ1) is 12.5. The Balaban J connectivity index is 1.97. The van der Waals surface area contributed by atoms with Gasteiger partial charge in [-0.3, -0.25) is 14.4 Å². The molecule has 2 aromatic heterocycles. The van der Waals surface area contributed by atoms with Gasteiger partial charge in [-0.05, 0) is 25.5 Å². The molecule has 1 aliphatic heterocycles. The minimum Gasteiger partial charge on any atom is -0.365 e. The molecular formula is C17H20N6O2S. The molecule has 0 spiro atoms. The van der Waals surface area contributed by atoms with Gasteiger partial charge in [0, 0.05) is 19.8 Å². The summed E-state index contributed by atoms with van der Waals surface area (Å²) in [4.78, 5) is 26.4. The quantitative estimate of drug-likeness (QED) is 0.684. The van der Waals surface area contributed by atoms with Gasteiger partial charge in [0.2, 0.25) is 0 Å². The lowest BCUT2D eigenvalue weighted by atomic mass is 10.1. The van der Waals surface area contributed by atoms with Crippen LogP contribution in [0.4, 0.5) is 10.5 Å². The predicted molar refractivity (Wildman–Crippen MR) is 100.0 cm³/mol. The van der Waals surface area contributed by atoms with Gasteiger partial charge in [-0.15, -0.1) is 11.3 Å². The second kappa shape index (κ2) is 7.59. The molecule has 0 bridgehead atoms. The fourth-order valence-corrected chi connectivity index (χ4v) is 3.82. The Morgan fingerprint density at radius 2 is 2.23 bits per heavy atom. The van der Waals surface area contributed by atoms with Crippen molar-refractivity contribution in [2.24, 2.45) is 18.5 Å². The molecule has 1 aliphatic rings. The Hall–Kier alpha value is -2.83. The van der Waals surface area contributed by atoms with Crippen molar-refractivity contribution < 1.29 is 9.59 Å². The Morgan fingerprint density at radius 1 is 1.42 bits per heavy atom. The summed E-state index contributed by atoms with van der Waals surface area (Å²) in [6.45, 7) is 1.52. The van der Waals surface area contributed by atoms with E-state index in [4.69, 9.17) is 11.5 Å². The van der Waals surface area contributed by atoms with E-state index in [-0.39, 0.29) is 10.9 Å². The largest absolute Gasteiger partial charge is 0.365 e. The van der Waals surface area contributed by atoms with Crippen LogP contribution in [0.3, 0.4) is 0 Å². The third kappa shape index (κ3) is 3.87. The number of rotatable bonds is 3. The molecule has 0 aromatic carbocycles. The highest BCUT2D eigenvalue weighted by Gasteiger charge is 2.29. The number of piperidine rings is 1. The van der Waals surface area contributed by atoms with Gasteiger partial charge in [-0.1, -0.05) is 11.8 Å². The second-order valence-electron chi connectivity index (χ2n) is 6.05. The van der Waals surface area contributed by atoms with E-state index in [1.165, 1.54) is 4.90 Å². The van der Waals surface area contributed by atoms with Gasteiger partial charge >= 0.3 is 6.03 Å². The van der Waals surface area contributed by atoms with Gasteiger partial charge in [0.25, 0.3) is 5.91 Å². The Bertz CT molecular complexity index is 885. The average Bonchev–Trinajstić information content (AvgIpc) is 3.20. The van der Waals surface area contributed by atoms with E-state index >= 15 is 0 Å². The SMILES string of the molecule is Cn1cc(C#Cc2cc(N(C(N)=O)[C@H]3CCCNC3)c(C(N)=O)s2)cn1. The zero-order valence-electron chi connectivity index (χ0n) is 14.4. The number of hydrogen-bond donors (Lipinski definition) is 3. The molecule has 0 aliphatic carbocycles. The van der Waals surface area contributed by atoms with Crippen molar-refractivity contribution in [3.8, 4) is 11.8 Å². The Labute approximate surface area is 155 Å². The zero-order valence-corrected chi connectivity index (χ0v) is 15.2. The maximum Gasteiger partial charge on any atom is 0.319 e. The van der Waals surface area contributed by atoms with E-state index in [1.807, 2.05) is 7.05 Å². The number of hydrogen-bond acceptors (Lipinski definition) is 5. The topological polar surface area (TPSA) is 119 Å². The summed E-state index contributed by atoms with van der Waals surface area (Å²) in [7, 11) is 1.81. The van der Waals surface area contributed by atoms with Crippen LogP contribution in [0, 0.1) is 11.8 Å². The molecule has 1 saturated heterocycles. The van der Waals surface area contributed by atoms with Crippen molar-refractivity contribution in [2.75, 3.05) is 18.0 Å². The number of primary amides is 2. The first-order valence-electron chi connectivity index (χ1n) is 8.19. The van der Waals surface area contributed by atoms with Gasteiger partial charge in [0.05, 0.1) is 28.4 Å². The minimum atomic E-state index is -0.606. The van der Waals surface area contributed by atoms with Crippen LogP contribution in [0.2, 0.25) is 0 Å². The molecule has 8 nitrogen and oxygen atoms in total. The van der Waals surface area contributed by atoms with Crippen LogP contribution in [-0.4, -0.2) is 40.9 Å². The number of nitrogens with zero attached hydrogens (tertiary/aromatic N) is 3. The highest BCUT2D eigenvalue weighted by atomic mass is 32.1. The van der Waals surface area contributed by atoms with Gasteiger partial charge < -0.3 is 16.8 Å².